The average molecular weight is 358 g/mol. The average Bonchev–Trinajstić information content (AvgIpc) is 3.12. The molecular weight excluding hydrogens is 332 g/mol. The summed E-state index contributed by atoms with van der Waals surface area (Å²) in [6.07, 6.45) is 2.60. The number of rotatable bonds is 7. The number of hydrogen-bond acceptors (Lipinski definition) is 6. The summed E-state index contributed by atoms with van der Waals surface area (Å²) in [6.45, 7) is 8.30. The van der Waals surface area contributed by atoms with Gasteiger partial charge < -0.3 is 9.47 Å². The van der Waals surface area contributed by atoms with E-state index >= 15 is 0 Å². The SMILES string of the molecule is CCOC(=O)c1n[nH]nc1-c1ccc(OCCN2CCCC(C)C2)cc1. The van der Waals surface area contributed by atoms with Gasteiger partial charge in [-0.2, -0.15) is 10.3 Å². The molecule has 0 aliphatic carbocycles. The smallest absolute Gasteiger partial charge is 0.361 e. The van der Waals surface area contributed by atoms with Crippen molar-refractivity contribution in [2.45, 2.75) is 26.7 Å². The number of likely N-dealkylation sites (tertiary alicyclic amines) is 1. The minimum atomic E-state index is -0.479. The minimum Gasteiger partial charge on any atom is -0.492 e. The highest BCUT2D eigenvalue weighted by Crippen LogP contribution is 2.23. The van der Waals surface area contributed by atoms with Gasteiger partial charge in [0.2, 0.25) is 0 Å². The first-order chi connectivity index (χ1) is 12.7. The second kappa shape index (κ2) is 8.80. The highest BCUT2D eigenvalue weighted by atomic mass is 16.5. The number of hydrogen-bond donors (Lipinski definition) is 1. The maximum absolute atomic E-state index is 11.9. The number of aromatic nitrogens is 3. The van der Waals surface area contributed by atoms with Gasteiger partial charge in [0.05, 0.1) is 6.61 Å². The van der Waals surface area contributed by atoms with Crippen molar-refractivity contribution in [3.05, 3.63) is 30.0 Å². The molecule has 0 radical (unpaired) electrons. The zero-order valence-electron chi connectivity index (χ0n) is 15.4. The Kier molecular flexibility index (Phi) is 6.22. The zero-order valence-corrected chi connectivity index (χ0v) is 15.4. The van der Waals surface area contributed by atoms with Crippen LogP contribution < -0.4 is 4.74 Å². The van der Waals surface area contributed by atoms with Gasteiger partial charge in [-0.15, -0.1) is 5.10 Å². The third-order valence-electron chi connectivity index (χ3n) is 4.56. The van der Waals surface area contributed by atoms with E-state index in [2.05, 4.69) is 27.2 Å². The summed E-state index contributed by atoms with van der Waals surface area (Å²) in [4.78, 5) is 14.4. The third-order valence-corrected chi connectivity index (χ3v) is 4.56. The van der Waals surface area contributed by atoms with Gasteiger partial charge in [-0.25, -0.2) is 4.79 Å². The van der Waals surface area contributed by atoms with Gasteiger partial charge in [0.15, 0.2) is 5.69 Å². The Morgan fingerprint density at radius 2 is 2.12 bits per heavy atom. The van der Waals surface area contributed by atoms with E-state index in [0.29, 0.717) is 18.9 Å². The van der Waals surface area contributed by atoms with E-state index in [1.165, 1.54) is 12.8 Å². The zero-order chi connectivity index (χ0) is 18.4. The molecule has 7 heteroatoms. The van der Waals surface area contributed by atoms with Crippen LogP contribution in [0.3, 0.4) is 0 Å². The van der Waals surface area contributed by atoms with Crippen molar-refractivity contribution in [3.8, 4) is 17.0 Å². The van der Waals surface area contributed by atoms with Crippen LogP contribution in [0.2, 0.25) is 0 Å². The predicted octanol–water partition coefficient (Wildman–Crippen LogP) is 2.76. The quantitative estimate of drug-likeness (QED) is 0.767. The van der Waals surface area contributed by atoms with E-state index in [0.717, 1.165) is 36.9 Å². The summed E-state index contributed by atoms with van der Waals surface area (Å²) in [7, 11) is 0. The molecule has 7 nitrogen and oxygen atoms in total. The van der Waals surface area contributed by atoms with Crippen LogP contribution in [0, 0.1) is 5.92 Å². The molecule has 1 aliphatic heterocycles. The molecule has 1 aliphatic rings. The molecule has 26 heavy (non-hydrogen) atoms. The molecule has 1 atom stereocenters. The van der Waals surface area contributed by atoms with Crippen molar-refractivity contribution in [3.63, 3.8) is 0 Å². The molecular formula is C19H26N4O3. The van der Waals surface area contributed by atoms with Crippen LogP contribution in [0.15, 0.2) is 24.3 Å². The lowest BCUT2D eigenvalue weighted by Gasteiger charge is -2.30. The standard InChI is InChI=1S/C19H26N4O3/c1-3-25-19(24)18-17(20-22-21-18)15-6-8-16(9-7-15)26-12-11-23-10-4-5-14(2)13-23/h6-9,14H,3-5,10-13H2,1-2H3,(H,20,21,22). The molecule has 1 saturated heterocycles. The van der Waals surface area contributed by atoms with Crippen LogP contribution in [0.4, 0.5) is 0 Å². The van der Waals surface area contributed by atoms with E-state index < -0.39 is 5.97 Å². The van der Waals surface area contributed by atoms with Gasteiger partial charge in [0, 0.05) is 18.7 Å². The molecule has 2 heterocycles. The monoisotopic (exact) mass is 358 g/mol. The number of piperidine rings is 1. The Morgan fingerprint density at radius 1 is 1.31 bits per heavy atom. The number of benzene rings is 1. The fourth-order valence-corrected chi connectivity index (χ4v) is 3.27. The Morgan fingerprint density at radius 3 is 2.85 bits per heavy atom. The van der Waals surface area contributed by atoms with E-state index in [4.69, 9.17) is 9.47 Å². The molecule has 0 amide bonds. The largest absolute Gasteiger partial charge is 0.492 e. The molecule has 1 fully saturated rings. The first kappa shape index (κ1) is 18.4. The van der Waals surface area contributed by atoms with Crippen molar-refractivity contribution >= 4 is 5.97 Å². The number of nitrogens with zero attached hydrogens (tertiary/aromatic N) is 3. The molecule has 1 aromatic heterocycles. The number of H-pyrrole nitrogens is 1. The second-order valence-electron chi connectivity index (χ2n) is 6.66. The number of carbonyl (C=O) groups is 1. The van der Waals surface area contributed by atoms with Gasteiger partial charge in [-0.3, -0.25) is 4.90 Å². The van der Waals surface area contributed by atoms with Crippen LogP contribution in [-0.4, -0.2) is 59.1 Å². The summed E-state index contributed by atoms with van der Waals surface area (Å²) in [5, 5.41) is 10.4. The maximum Gasteiger partial charge on any atom is 0.361 e. The topological polar surface area (TPSA) is 80.3 Å². The molecule has 0 spiro atoms. The second-order valence-corrected chi connectivity index (χ2v) is 6.66. The molecule has 0 bridgehead atoms. The van der Waals surface area contributed by atoms with Crippen LogP contribution in [0.1, 0.15) is 37.2 Å². The summed E-state index contributed by atoms with van der Waals surface area (Å²) in [5.41, 5.74) is 1.47. The van der Waals surface area contributed by atoms with Gasteiger partial charge in [0.25, 0.3) is 0 Å². The van der Waals surface area contributed by atoms with Gasteiger partial charge in [-0.1, -0.05) is 6.92 Å². The lowest BCUT2D eigenvalue weighted by molar-refractivity contribution is 0.0520. The fraction of sp³-hybridized carbons (Fsp3) is 0.526. The van der Waals surface area contributed by atoms with Gasteiger partial charge >= 0.3 is 5.97 Å². The lowest BCUT2D eigenvalue weighted by atomic mass is 10.0. The summed E-state index contributed by atoms with van der Waals surface area (Å²) < 4.78 is 10.9. The van der Waals surface area contributed by atoms with Crippen molar-refractivity contribution in [1.29, 1.82) is 0 Å². The molecule has 0 saturated carbocycles. The van der Waals surface area contributed by atoms with Crippen LogP contribution >= 0.6 is 0 Å². The van der Waals surface area contributed by atoms with E-state index in [-0.39, 0.29) is 5.69 Å². The summed E-state index contributed by atoms with van der Waals surface area (Å²) in [6, 6.07) is 7.52. The third kappa shape index (κ3) is 4.60. The Bertz CT molecular complexity index is 714. The van der Waals surface area contributed by atoms with Crippen molar-refractivity contribution < 1.29 is 14.3 Å². The Hall–Kier alpha value is -2.41. The number of aromatic amines is 1. The van der Waals surface area contributed by atoms with Crippen molar-refractivity contribution in [1.82, 2.24) is 20.3 Å². The molecule has 140 valence electrons. The van der Waals surface area contributed by atoms with Crippen molar-refractivity contribution in [2.75, 3.05) is 32.8 Å². The molecule has 1 unspecified atom stereocenters. The van der Waals surface area contributed by atoms with Crippen LogP contribution in [0.25, 0.3) is 11.3 Å². The molecule has 2 aromatic rings. The Labute approximate surface area is 153 Å². The summed E-state index contributed by atoms with van der Waals surface area (Å²) in [5.74, 6) is 1.10. The van der Waals surface area contributed by atoms with Gasteiger partial charge in [-0.05, 0) is 56.5 Å². The molecule has 3 rings (SSSR count). The maximum atomic E-state index is 11.9. The first-order valence-electron chi connectivity index (χ1n) is 9.21. The number of esters is 1. The minimum absolute atomic E-state index is 0.194. The molecule has 1 aromatic carbocycles. The Balaban J connectivity index is 1.55. The fourth-order valence-electron chi connectivity index (χ4n) is 3.27. The number of nitrogens with one attached hydrogen (secondary N) is 1. The normalized spacial score (nSPS) is 17.8. The van der Waals surface area contributed by atoms with Crippen LogP contribution in [-0.2, 0) is 4.74 Å². The highest BCUT2D eigenvalue weighted by Gasteiger charge is 2.19. The summed E-state index contributed by atoms with van der Waals surface area (Å²) >= 11 is 0. The number of carbonyl (C=O) groups excluding carboxylic acids is 1. The lowest BCUT2D eigenvalue weighted by Crippen LogP contribution is -2.37. The van der Waals surface area contributed by atoms with Crippen LogP contribution in [0.5, 0.6) is 5.75 Å². The van der Waals surface area contributed by atoms with Gasteiger partial charge in [0.1, 0.15) is 18.1 Å². The number of ether oxygens (including phenoxy) is 2. The first-order valence-corrected chi connectivity index (χ1v) is 9.21. The highest BCUT2D eigenvalue weighted by molar-refractivity contribution is 5.93. The van der Waals surface area contributed by atoms with E-state index in [1.54, 1.807) is 6.92 Å². The van der Waals surface area contributed by atoms with E-state index in [1.807, 2.05) is 24.3 Å². The van der Waals surface area contributed by atoms with E-state index in [9.17, 15) is 4.79 Å². The van der Waals surface area contributed by atoms with Crippen molar-refractivity contribution in [2.24, 2.45) is 5.92 Å². The predicted molar refractivity (Wildman–Crippen MR) is 98.1 cm³/mol. The molecule has 1 N–H and O–H groups in total.